The van der Waals surface area contributed by atoms with E-state index >= 15 is 0 Å². The summed E-state index contributed by atoms with van der Waals surface area (Å²) in [5.41, 5.74) is 3.37. The molecule has 0 radical (unpaired) electrons. The van der Waals surface area contributed by atoms with Gasteiger partial charge in [-0.2, -0.15) is 15.0 Å². The summed E-state index contributed by atoms with van der Waals surface area (Å²) in [7, 11) is -3.41. The minimum atomic E-state index is -3.41. The Hall–Kier alpha value is -3.38. The number of benzene rings is 1. The SMILES string of the molecule is Cc1cc(-n2nc(C)c(-c3ccc(C#N)cc3)c2O)ncc1NS(C)(=O)=O. The molecule has 0 aliphatic heterocycles. The fourth-order valence-electron chi connectivity index (χ4n) is 2.69. The Morgan fingerprint density at radius 3 is 2.44 bits per heavy atom. The molecule has 0 bridgehead atoms. The molecule has 0 spiro atoms. The van der Waals surface area contributed by atoms with Crippen molar-refractivity contribution in [3.63, 3.8) is 0 Å². The molecule has 1 aromatic carbocycles. The van der Waals surface area contributed by atoms with E-state index in [2.05, 4.69) is 20.9 Å². The maximum atomic E-state index is 11.4. The molecule has 3 aromatic rings. The van der Waals surface area contributed by atoms with Gasteiger partial charge in [0.05, 0.1) is 41.0 Å². The van der Waals surface area contributed by atoms with Crippen LogP contribution in [-0.2, 0) is 10.0 Å². The topological polar surface area (TPSA) is 121 Å². The molecule has 0 unspecified atom stereocenters. The summed E-state index contributed by atoms with van der Waals surface area (Å²) in [6.45, 7) is 3.49. The molecule has 0 fully saturated rings. The van der Waals surface area contributed by atoms with E-state index in [4.69, 9.17) is 5.26 Å². The first kappa shape index (κ1) is 18.4. The Morgan fingerprint density at radius 2 is 1.89 bits per heavy atom. The van der Waals surface area contributed by atoms with Gasteiger partial charge in [0, 0.05) is 0 Å². The van der Waals surface area contributed by atoms with E-state index < -0.39 is 10.0 Å². The predicted molar refractivity (Wildman–Crippen MR) is 101 cm³/mol. The van der Waals surface area contributed by atoms with E-state index in [9.17, 15) is 13.5 Å². The number of pyridine rings is 1. The largest absolute Gasteiger partial charge is 0.493 e. The number of rotatable bonds is 4. The van der Waals surface area contributed by atoms with Crippen molar-refractivity contribution in [1.82, 2.24) is 14.8 Å². The van der Waals surface area contributed by atoms with Crippen LogP contribution in [0, 0.1) is 25.2 Å². The van der Waals surface area contributed by atoms with Gasteiger partial charge in [0.25, 0.3) is 0 Å². The lowest BCUT2D eigenvalue weighted by atomic mass is 10.0. The van der Waals surface area contributed by atoms with Crippen LogP contribution in [0.4, 0.5) is 5.69 Å². The quantitative estimate of drug-likeness (QED) is 0.714. The molecule has 0 amide bonds. The molecule has 9 heteroatoms. The third-order valence-electron chi connectivity index (χ3n) is 3.95. The van der Waals surface area contributed by atoms with E-state index in [0.717, 1.165) is 11.8 Å². The van der Waals surface area contributed by atoms with Crippen molar-refractivity contribution in [2.75, 3.05) is 11.0 Å². The van der Waals surface area contributed by atoms with Gasteiger partial charge in [-0.15, -0.1) is 0 Å². The molecule has 2 aromatic heterocycles. The van der Waals surface area contributed by atoms with Crippen molar-refractivity contribution >= 4 is 15.7 Å². The van der Waals surface area contributed by atoms with Crippen LogP contribution < -0.4 is 4.72 Å². The van der Waals surface area contributed by atoms with Crippen LogP contribution in [0.15, 0.2) is 36.5 Å². The second-order valence-electron chi connectivity index (χ2n) is 6.12. The highest BCUT2D eigenvalue weighted by Crippen LogP contribution is 2.34. The molecule has 27 heavy (non-hydrogen) atoms. The summed E-state index contributed by atoms with van der Waals surface area (Å²) in [5, 5.41) is 23.9. The second-order valence-corrected chi connectivity index (χ2v) is 7.87. The van der Waals surface area contributed by atoms with Crippen LogP contribution in [0.25, 0.3) is 16.9 Å². The molecule has 0 atom stereocenters. The van der Waals surface area contributed by atoms with Gasteiger partial charge in [-0.1, -0.05) is 12.1 Å². The number of nitrogens with one attached hydrogen (secondary N) is 1. The first-order chi connectivity index (χ1) is 12.7. The van der Waals surface area contributed by atoms with Crippen LogP contribution in [-0.4, -0.2) is 34.5 Å². The number of anilines is 1. The number of aryl methyl sites for hydroxylation is 2. The first-order valence-corrected chi connectivity index (χ1v) is 9.82. The Balaban J connectivity index is 2.04. The molecule has 0 saturated heterocycles. The van der Waals surface area contributed by atoms with Gasteiger partial charge in [-0.05, 0) is 43.2 Å². The zero-order valence-corrected chi connectivity index (χ0v) is 15.7. The zero-order valence-electron chi connectivity index (χ0n) is 14.9. The van der Waals surface area contributed by atoms with Crippen molar-refractivity contribution in [1.29, 1.82) is 5.26 Å². The molecule has 0 saturated carbocycles. The van der Waals surface area contributed by atoms with E-state index in [0.29, 0.717) is 33.9 Å². The van der Waals surface area contributed by atoms with E-state index in [1.54, 1.807) is 44.2 Å². The number of sulfonamides is 1. The van der Waals surface area contributed by atoms with Crippen molar-refractivity contribution < 1.29 is 13.5 Å². The number of aromatic hydroxyl groups is 1. The van der Waals surface area contributed by atoms with Gasteiger partial charge >= 0.3 is 0 Å². The molecular weight excluding hydrogens is 366 g/mol. The summed E-state index contributed by atoms with van der Waals surface area (Å²) in [5.74, 6) is 0.264. The third kappa shape index (κ3) is 3.75. The fraction of sp³-hybridized carbons (Fsp3) is 0.167. The Kier molecular flexibility index (Phi) is 4.59. The number of nitriles is 1. The highest BCUT2D eigenvalue weighted by Gasteiger charge is 2.19. The van der Waals surface area contributed by atoms with Crippen molar-refractivity contribution in [3.8, 4) is 28.9 Å². The number of nitrogens with zero attached hydrogens (tertiary/aromatic N) is 4. The standard InChI is InChI=1S/C18H17N5O3S/c1-11-8-16(20-10-15(11)22-27(3,25)26)23-18(24)17(12(2)21-23)14-6-4-13(9-19)5-7-14/h4-8,10,22,24H,1-3H3. The van der Waals surface area contributed by atoms with Crippen LogP contribution in [0.3, 0.4) is 0 Å². The van der Waals surface area contributed by atoms with Crippen LogP contribution in [0.5, 0.6) is 5.88 Å². The summed E-state index contributed by atoms with van der Waals surface area (Å²) >= 11 is 0. The number of hydrogen-bond acceptors (Lipinski definition) is 6. The molecule has 8 nitrogen and oxygen atoms in total. The molecule has 0 aliphatic rings. The minimum absolute atomic E-state index is 0.0899. The average molecular weight is 383 g/mol. The van der Waals surface area contributed by atoms with Crippen LogP contribution in [0.1, 0.15) is 16.8 Å². The molecular formula is C18H17N5O3S. The zero-order chi connectivity index (χ0) is 19.8. The van der Waals surface area contributed by atoms with Crippen LogP contribution in [0.2, 0.25) is 0 Å². The second kappa shape index (κ2) is 6.74. The molecule has 2 N–H and O–H groups in total. The monoisotopic (exact) mass is 383 g/mol. The maximum absolute atomic E-state index is 11.4. The van der Waals surface area contributed by atoms with Gasteiger partial charge < -0.3 is 5.11 Å². The fourth-order valence-corrected chi connectivity index (χ4v) is 3.30. The van der Waals surface area contributed by atoms with Gasteiger partial charge in [0.15, 0.2) is 5.82 Å². The predicted octanol–water partition coefficient (Wildman–Crippen LogP) is 2.50. The lowest BCUT2D eigenvalue weighted by molar-refractivity contribution is 0.433. The molecule has 3 rings (SSSR count). The summed E-state index contributed by atoms with van der Waals surface area (Å²) < 4.78 is 26.5. The Bertz CT molecular complexity index is 1160. The lowest BCUT2D eigenvalue weighted by Crippen LogP contribution is -2.11. The van der Waals surface area contributed by atoms with E-state index in [-0.39, 0.29) is 5.88 Å². The first-order valence-electron chi connectivity index (χ1n) is 7.93. The Labute approximate surface area is 156 Å². The van der Waals surface area contributed by atoms with Crippen molar-refractivity contribution in [2.45, 2.75) is 13.8 Å². The van der Waals surface area contributed by atoms with Gasteiger partial charge in [-0.25, -0.2) is 13.4 Å². The number of aromatic nitrogens is 3. The smallest absolute Gasteiger partial charge is 0.229 e. The van der Waals surface area contributed by atoms with Crippen LogP contribution >= 0.6 is 0 Å². The normalized spacial score (nSPS) is 11.2. The lowest BCUT2D eigenvalue weighted by Gasteiger charge is -2.09. The maximum Gasteiger partial charge on any atom is 0.229 e. The Morgan fingerprint density at radius 1 is 1.22 bits per heavy atom. The molecule has 2 heterocycles. The van der Waals surface area contributed by atoms with E-state index in [1.165, 1.54) is 10.9 Å². The van der Waals surface area contributed by atoms with Crippen molar-refractivity contribution in [2.24, 2.45) is 0 Å². The van der Waals surface area contributed by atoms with Gasteiger partial charge in [0.1, 0.15) is 0 Å². The summed E-state index contributed by atoms with van der Waals surface area (Å²) in [6.07, 6.45) is 2.44. The third-order valence-corrected chi connectivity index (χ3v) is 4.54. The molecule has 138 valence electrons. The highest BCUT2D eigenvalue weighted by atomic mass is 32.2. The van der Waals surface area contributed by atoms with E-state index in [1.807, 2.05) is 0 Å². The highest BCUT2D eigenvalue weighted by molar-refractivity contribution is 7.92. The molecule has 0 aliphatic carbocycles. The summed E-state index contributed by atoms with van der Waals surface area (Å²) in [6, 6.07) is 10.5. The summed E-state index contributed by atoms with van der Waals surface area (Å²) in [4.78, 5) is 4.20. The van der Waals surface area contributed by atoms with Gasteiger partial charge in [0.2, 0.25) is 15.9 Å². The number of hydrogen-bond donors (Lipinski definition) is 2. The van der Waals surface area contributed by atoms with Crippen molar-refractivity contribution in [3.05, 3.63) is 53.3 Å². The van der Waals surface area contributed by atoms with Gasteiger partial charge in [-0.3, -0.25) is 4.72 Å². The minimum Gasteiger partial charge on any atom is -0.493 e. The average Bonchev–Trinajstić information content (AvgIpc) is 2.90.